The van der Waals surface area contributed by atoms with E-state index in [9.17, 15) is 14.7 Å². The van der Waals surface area contributed by atoms with Gasteiger partial charge in [0.25, 0.3) is 0 Å². The Morgan fingerprint density at radius 1 is 1.29 bits per heavy atom. The maximum absolute atomic E-state index is 12.0. The fourth-order valence-electron chi connectivity index (χ4n) is 2.18. The molecule has 0 bridgehead atoms. The van der Waals surface area contributed by atoms with E-state index in [4.69, 9.17) is 0 Å². The molecule has 2 N–H and O–H groups in total. The fraction of sp³-hybridized carbons (Fsp3) is 0.357. The molecule has 7 nitrogen and oxygen atoms in total. The first-order chi connectivity index (χ1) is 10.0. The van der Waals surface area contributed by atoms with E-state index in [1.54, 1.807) is 24.3 Å². The summed E-state index contributed by atoms with van der Waals surface area (Å²) in [5, 5.41) is 13.5. The average molecular weight is 292 g/mol. The third-order valence-electron chi connectivity index (χ3n) is 3.32. The number of aliphatic imine (C=N–C) groups is 1. The molecule has 1 aliphatic heterocycles. The standard InChI is InChI=1S/C14H16N2O5/c1-20-11(17)10-8-15-12(14(10,19)13(18)21-2)16-9-6-4-3-5-7-9/h3-7,10,19H,8H2,1-2H3,(H,15,16)/t10?,14-/m1/s1. The van der Waals surface area contributed by atoms with Crippen molar-refractivity contribution in [2.24, 2.45) is 10.9 Å². The van der Waals surface area contributed by atoms with Gasteiger partial charge in [-0.25, -0.2) is 4.79 Å². The molecule has 0 fully saturated rings. The number of ether oxygens (including phenoxy) is 2. The van der Waals surface area contributed by atoms with Crippen molar-refractivity contribution in [2.75, 3.05) is 26.1 Å². The molecular weight excluding hydrogens is 276 g/mol. The van der Waals surface area contributed by atoms with Gasteiger partial charge in [0.05, 0.1) is 20.8 Å². The van der Waals surface area contributed by atoms with E-state index in [0.717, 1.165) is 7.11 Å². The van der Waals surface area contributed by atoms with Gasteiger partial charge in [0, 0.05) is 5.69 Å². The minimum absolute atomic E-state index is 0.0315. The van der Waals surface area contributed by atoms with Crippen molar-refractivity contribution >= 4 is 23.5 Å². The minimum Gasteiger partial charge on any atom is -0.469 e. The lowest BCUT2D eigenvalue weighted by Crippen LogP contribution is -2.55. The lowest BCUT2D eigenvalue weighted by Gasteiger charge is -2.27. The number of hydrogen-bond donors (Lipinski definition) is 2. The van der Waals surface area contributed by atoms with E-state index in [1.165, 1.54) is 7.11 Å². The lowest BCUT2D eigenvalue weighted by molar-refractivity contribution is -0.167. The van der Waals surface area contributed by atoms with Gasteiger partial charge in [-0.15, -0.1) is 0 Å². The quantitative estimate of drug-likeness (QED) is 0.773. The molecule has 21 heavy (non-hydrogen) atoms. The Morgan fingerprint density at radius 2 is 1.95 bits per heavy atom. The van der Waals surface area contributed by atoms with Crippen LogP contribution in [0.3, 0.4) is 0 Å². The molecule has 2 atom stereocenters. The number of carbonyl (C=O) groups excluding carboxylic acids is 2. The van der Waals surface area contributed by atoms with Crippen LogP contribution in [0.25, 0.3) is 0 Å². The van der Waals surface area contributed by atoms with Crippen molar-refractivity contribution in [3.63, 3.8) is 0 Å². The molecule has 1 heterocycles. The molecule has 112 valence electrons. The predicted octanol–water partition coefficient (Wildman–Crippen LogP) is 0.204. The number of hydrogen-bond acceptors (Lipinski definition) is 7. The molecule has 0 aromatic heterocycles. The first kappa shape index (κ1) is 15.0. The molecule has 1 aromatic carbocycles. The van der Waals surface area contributed by atoms with Crippen LogP contribution in [0.5, 0.6) is 0 Å². The maximum atomic E-state index is 12.0. The zero-order valence-corrected chi connectivity index (χ0v) is 11.7. The Kier molecular flexibility index (Phi) is 4.23. The van der Waals surface area contributed by atoms with Crippen LogP contribution in [0.2, 0.25) is 0 Å². The Bertz CT molecular complexity index is 572. The summed E-state index contributed by atoms with van der Waals surface area (Å²) in [6, 6.07) is 8.88. The number of methoxy groups -OCH3 is 2. The molecule has 2 rings (SSSR count). The topological polar surface area (TPSA) is 97.2 Å². The number of anilines is 1. The van der Waals surface area contributed by atoms with Crippen molar-refractivity contribution < 1.29 is 24.2 Å². The summed E-state index contributed by atoms with van der Waals surface area (Å²) in [6.45, 7) is -0.0621. The Balaban J connectivity index is 2.32. The summed E-state index contributed by atoms with van der Waals surface area (Å²) in [6.07, 6.45) is 0. The van der Waals surface area contributed by atoms with Crippen molar-refractivity contribution in [3.05, 3.63) is 30.3 Å². The number of esters is 2. The molecule has 1 aromatic rings. The van der Waals surface area contributed by atoms with Gasteiger partial charge in [0.1, 0.15) is 11.8 Å². The molecule has 1 aliphatic rings. The SMILES string of the molecule is COC(=O)C1CN=C(Nc2ccccc2)[C@@]1(O)C(=O)OC. The van der Waals surface area contributed by atoms with E-state index in [1.807, 2.05) is 6.07 Å². The van der Waals surface area contributed by atoms with Gasteiger partial charge in [-0.1, -0.05) is 18.2 Å². The number of benzene rings is 1. The number of nitrogens with zero attached hydrogens (tertiary/aromatic N) is 1. The Hall–Kier alpha value is -2.41. The van der Waals surface area contributed by atoms with Gasteiger partial charge in [0.15, 0.2) is 0 Å². The second kappa shape index (κ2) is 5.92. The molecule has 0 amide bonds. The van der Waals surface area contributed by atoms with E-state index < -0.39 is 23.5 Å². The average Bonchev–Trinajstić information content (AvgIpc) is 2.85. The fourth-order valence-corrected chi connectivity index (χ4v) is 2.18. The molecule has 1 unspecified atom stereocenters. The van der Waals surface area contributed by atoms with Crippen LogP contribution < -0.4 is 5.32 Å². The van der Waals surface area contributed by atoms with E-state index in [0.29, 0.717) is 5.69 Å². The van der Waals surface area contributed by atoms with Crippen molar-refractivity contribution in [3.8, 4) is 0 Å². The monoisotopic (exact) mass is 292 g/mol. The highest BCUT2D eigenvalue weighted by molar-refractivity contribution is 6.18. The van der Waals surface area contributed by atoms with Gasteiger partial charge in [0.2, 0.25) is 5.60 Å². The number of rotatable bonds is 3. The van der Waals surface area contributed by atoms with Gasteiger partial charge >= 0.3 is 11.9 Å². The molecule has 0 spiro atoms. The van der Waals surface area contributed by atoms with Gasteiger partial charge in [-0.2, -0.15) is 0 Å². The van der Waals surface area contributed by atoms with Crippen molar-refractivity contribution in [2.45, 2.75) is 5.60 Å². The summed E-state index contributed by atoms with van der Waals surface area (Å²) in [5.74, 6) is -2.86. The van der Waals surface area contributed by atoms with Crippen LogP contribution in [-0.2, 0) is 19.1 Å². The third-order valence-corrected chi connectivity index (χ3v) is 3.32. The molecule has 7 heteroatoms. The highest BCUT2D eigenvalue weighted by atomic mass is 16.5. The summed E-state index contributed by atoms with van der Waals surface area (Å²) in [7, 11) is 2.32. The third kappa shape index (κ3) is 2.59. The molecule has 0 saturated carbocycles. The number of para-hydroxylation sites is 1. The van der Waals surface area contributed by atoms with Crippen molar-refractivity contribution in [1.29, 1.82) is 0 Å². The highest BCUT2D eigenvalue weighted by Crippen LogP contribution is 2.29. The predicted molar refractivity (Wildman–Crippen MR) is 74.8 cm³/mol. The molecule has 0 saturated heterocycles. The summed E-state index contributed by atoms with van der Waals surface area (Å²) in [4.78, 5) is 27.8. The molecule has 0 aliphatic carbocycles. The van der Waals surface area contributed by atoms with E-state index in [-0.39, 0.29) is 12.4 Å². The zero-order valence-electron chi connectivity index (χ0n) is 11.7. The van der Waals surface area contributed by atoms with Crippen LogP contribution in [-0.4, -0.2) is 49.2 Å². The largest absolute Gasteiger partial charge is 0.469 e. The van der Waals surface area contributed by atoms with Crippen LogP contribution >= 0.6 is 0 Å². The van der Waals surface area contributed by atoms with Gasteiger partial charge in [-0.3, -0.25) is 9.79 Å². The normalized spacial score (nSPS) is 24.1. The number of amidine groups is 1. The molecule has 0 radical (unpaired) electrons. The van der Waals surface area contributed by atoms with Crippen molar-refractivity contribution in [1.82, 2.24) is 0 Å². The smallest absolute Gasteiger partial charge is 0.346 e. The second-order valence-electron chi connectivity index (χ2n) is 4.51. The van der Waals surface area contributed by atoms with Gasteiger partial charge in [-0.05, 0) is 12.1 Å². The number of aliphatic hydroxyl groups is 1. The molecular formula is C14H16N2O5. The maximum Gasteiger partial charge on any atom is 0.346 e. The zero-order chi connectivity index (χ0) is 15.5. The highest BCUT2D eigenvalue weighted by Gasteiger charge is 2.57. The minimum atomic E-state index is -2.18. The Labute approximate surface area is 121 Å². The van der Waals surface area contributed by atoms with Crippen LogP contribution in [0, 0.1) is 5.92 Å². The van der Waals surface area contributed by atoms with E-state index >= 15 is 0 Å². The summed E-state index contributed by atoms with van der Waals surface area (Å²) >= 11 is 0. The number of nitrogens with one attached hydrogen (secondary N) is 1. The van der Waals surface area contributed by atoms with E-state index in [2.05, 4.69) is 19.8 Å². The number of carbonyl (C=O) groups is 2. The summed E-state index contributed by atoms with van der Waals surface area (Å²) < 4.78 is 9.23. The summed E-state index contributed by atoms with van der Waals surface area (Å²) in [5.41, 5.74) is -1.55. The lowest BCUT2D eigenvalue weighted by atomic mass is 9.88. The van der Waals surface area contributed by atoms with Crippen LogP contribution in [0.15, 0.2) is 35.3 Å². The van der Waals surface area contributed by atoms with Crippen LogP contribution in [0.1, 0.15) is 0 Å². The first-order valence-electron chi connectivity index (χ1n) is 6.29. The van der Waals surface area contributed by atoms with Gasteiger partial charge < -0.3 is 19.9 Å². The van der Waals surface area contributed by atoms with Crippen LogP contribution in [0.4, 0.5) is 5.69 Å². The Morgan fingerprint density at radius 3 is 2.52 bits per heavy atom. The second-order valence-corrected chi connectivity index (χ2v) is 4.51. The first-order valence-corrected chi connectivity index (χ1v) is 6.29.